The standard InChI is InChI=1S/C20H31N3O/c1-3-21(4-2)20(24)17-7-9-18(10-8-17)23-15-11-19(12-16-23)22-13-5-6-14-22/h7-10,19H,3-6,11-16H2,1-2H3. The summed E-state index contributed by atoms with van der Waals surface area (Å²) in [7, 11) is 0. The zero-order chi connectivity index (χ0) is 16.9. The van der Waals surface area contributed by atoms with E-state index in [1.165, 1.54) is 44.5 Å². The van der Waals surface area contributed by atoms with E-state index in [9.17, 15) is 4.79 Å². The molecule has 3 rings (SSSR count). The topological polar surface area (TPSA) is 26.8 Å². The molecule has 132 valence electrons. The molecule has 0 saturated carbocycles. The molecule has 2 saturated heterocycles. The quantitative estimate of drug-likeness (QED) is 0.830. The van der Waals surface area contributed by atoms with E-state index < -0.39 is 0 Å². The van der Waals surface area contributed by atoms with Crippen molar-refractivity contribution in [2.24, 2.45) is 0 Å². The first-order valence-corrected chi connectivity index (χ1v) is 9.61. The fourth-order valence-electron chi connectivity index (χ4n) is 4.10. The van der Waals surface area contributed by atoms with Crippen molar-refractivity contribution in [1.82, 2.24) is 9.80 Å². The van der Waals surface area contributed by atoms with Crippen LogP contribution < -0.4 is 4.90 Å². The molecule has 24 heavy (non-hydrogen) atoms. The van der Waals surface area contributed by atoms with E-state index >= 15 is 0 Å². The summed E-state index contributed by atoms with van der Waals surface area (Å²) >= 11 is 0. The van der Waals surface area contributed by atoms with Crippen LogP contribution in [0.25, 0.3) is 0 Å². The zero-order valence-electron chi connectivity index (χ0n) is 15.2. The molecule has 1 aromatic carbocycles. The van der Waals surface area contributed by atoms with Crippen LogP contribution in [0, 0.1) is 0 Å². The van der Waals surface area contributed by atoms with Gasteiger partial charge in [-0.1, -0.05) is 0 Å². The van der Waals surface area contributed by atoms with Gasteiger partial charge in [0.1, 0.15) is 0 Å². The van der Waals surface area contributed by atoms with Crippen LogP contribution in [0.1, 0.15) is 49.9 Å². The highest BCUT2D eigenvalue weighted by Gasteiger charge is 2.26. The van der Waals surface area contributed by atoms with Gasteiger partial charge in [0.15, 0.2) is 0 Å². The number of carbonyl (C=O) groups excluding carboxylic acids is 1. The SMILES string of the molecule is CCN(CC)C(=O)c1ccc(N2CCC(N3CCCC3)CC2)cc1. The Morgan fingerprint density at radius 2 is 1.58 bits per heavy atom. The molecule has 0 unspecified atom stereocenters. The minimum Gasteiger partial charge on any atom is -0.371 e. The number of carbonyl (C=O) groups is 1. The minimum atomic E-state index is 0.138. The molecule has 0 radical (unpaired) electrons. The number of nitrogens with zero attached hydrogens (tertiary/aromatic N) is 3. The van der Waals surface area contributed by atoms with Gasteiger partial charge in [-0.05, 0) is 76.9 Å². The second-order valence-electron chi connectivity index (χ2n) is 6.99. The summed E-state index contributed by atoms with van der Waals surface area (Å²) in [5.41, 5.74) is 2.06. The van der Waals surface area contributed by atoms with E-state index in [-0.39, 0.29) is 5.91 Å². The third-order valence-electron chi connectivity index (χ3n) is 5.65. The lowest BCUT2D eigenvalue weighted by atomic mass is 10.0. The van der Waals surface area contributed by atoms with Crippen LogP contribution in [-0.2, 0) is 0 Å². The number of hydrogen-bond acceptors (Lipinski definition) is 3. The molecule has 2 aliphatic rings. The Kier molecular flexibility index (Phi) is 5.77. The fourth-order valence-corrected chi connectivity index (χ4v) is 4.10. The molecule has 0 atom stereocenters. The van der Waals surface area contributed by atoms with Gasteiger partial charge in [-0.25, -0.2) is 0 Å². The van der Waals surface area contributed by atoms with E-state index in [1.807, 2.05) is 30.9 Å². The second kappa shape index (κ2) is 8.02. The van der Waals surface area contributed by atoms with Crippen molar-refractivity contribution < 1.29 is 4.79 Å². The van der Waals surface area contributed by atoms with Crippen molar-refractivity contribution in [3.05, 3.63) is 29.8 Å². The van der Waals surface area contributed by atoms with E-state index in [4.69, 9.17) is 0 Å². The van der Waals surface area contributed by atoms with Crippen LogP contribution in [0.4, 0.5) is 5.69 Å². The molecular formula is C20H31N3O. The monoisotopic (exact) mass is 329 g/mol. The maximum atomic E-state index is 12.4. The molecule has 2 aliphatic heterocycles. The van der Waals surface area contributed by atoms with E-state index in [2.05, 4.69) is 21.9 Å². The largest absolute Gasteiger partial charge is 0.371 e. The van der Waals surface area contributed by atoms with Crippen molar-refractivity contribution in [2.75, 3.05) is 44.2 Å². The molecule has 0 spiro atoms. The number of benzene rings is 1. The summed E-state index contributed by atoms with van der Waals surface area (Å²) in [5, 5.41) is 0. The van der Waals surface area contributed by atoms with Gasteiger partial charge in [-0.3, -0.25) is 4.79 Å². The molecule has 2 heterocycles. The molecule has 2 fully saturated rings. The van der Waals surface area contributed by atoms with Crippen molar-refractivity contribution >= 4 is 11.6 Å². The van der Waals surface area contributed by atoms with Crippen LogP contribution in [0.5, 0.6) is 0 Å². The number of hydrogen-bond donors (Lipinski definition) is 0. The number of amides is 1. The Hall–Kier alpha value is -1.55. The Balaban J connectivity index is 1.57. The highest BCUT2D eigenvalue weighted by molar-refractivity contribution is 5.94. The fraction of sp³-hybridized carbons (Fsp3) is 0.650. The predicted octanol–water partition coefficient (Wildman–Crippen LogP) is 3.23. The van der Waals surface area contributed by atoms with Gasteiger partial charge in [0.25, 0.3) is 5.91 Å². The Morgan fingerprint density at radius 1 is 1.00 bits per heavy atom. The average molecular weight is 329 g/mol. The molecule has 0 bridgehead atoms. The molecule has 1 amide bonds. The highest BCUT2D eigenvalue weighted by Crippen LogP contribution is 2.25. The summed E-state index contributed by atoms with van der Waals surface area (Å²) in [4.78, 5) is 19.4. The molecule has 0 aromatic heterocycles. The summed E-state index contributed by atoms with van der Waals surface area (Å²) in [6.45, 7) is 10.4. The van der Waals surface area contributed by atoms with Gasteiger partial charge in [0, 0.05) is 43.5 Å². The molecule has 4 nitrogen and oxygen atoms in total. The second-order valence-corrected chi connectivity index (χ2v) is 6.99. The van der Waals surface area contributed by atoms with Gasteiger partial charge in [-0.2, -0.15) is 0 Å². The van der Waals surface area contributed by atoms with Gasteiger partial charge < -0.3 is 14.7 Å². The van der Waals surface area contributed by atoms with Gasteiger partial charge >= 0.3 is 0 Å². The van der Waals surface area contributed by atoms with E-state index in [0.717, 1.165) is 37.8 Å². The van der Waals surface area contributed by atoms with Gasteiger partial charge in [-0.15, -0.1) is 0 Å². The third-order valence-corrected chi connectivity index (χ3v) is 5.65. The van der Waals surface area contributed by atoms with Crippen molar-refractivity contribution in [3.63, 3.8) is 0 Å². The Labute approximate surface area is 146 Å². The number of anilines is 1. The Bertz CT molecular complexity index is 524. The summed E-state index contributed by atoms with van der Waals surface area (Å²) in [5.74, 6) is 0.138. The summed E-state index contributed by atoms with van der Waals surface area (Å²) in [6, 6.07) is 9.00. The van der Waals surface area contributed by atoms with Crippen LogP contribution in [0.15, 0.2) is 24.3 Å². The summed E-state index contributed by atoms with van der Waals surface area (Å²) < 4.78 is 0. The van der Waals surface area contributed by atoms with Crippen LogP contribution in [0.2, 0.25) is 0 Å². The first-order valence-electron chi connectivity index (χ1n) is 9.61. The third kappa shape index (κ3) is 3.75. The minimum absolute atomic E-state index is 0.138. The van der Waals surface area contributed by atoms with E-state index in [0.29, 0.717) is 0 Å². The lowest BCUT2D eigenvalue weighted by Crippen LogP contribution is -2.43. The maximum absolute atomic E-state index is 12.4. The molecular weight excluding hydrogens is 298 g/mol. The molecule has 0 N–H and O–H groups in total. The van der Waals surface area contributed by atoms with Crippen molar-refractivity contribution in [2.45, 2.75) is 45.6 Å². The predicted molar refractivity (Wildman–Crippen MR) is 99.7 cm³/mol. The zero-order valence-corrected chi connectivity index (χ0v) is 15.2. The van der Waals surface area contributed by atoms with Crippen molar-refractivity contribution in [1.29, 1.82) is 0 Å². The number of rotatable bonds is 5. The van der Waals surface area contributed by atoms with E-state index in [1.54, 1.807) is 0 Å². The van der Waals surface area contributed by atoms with Crippen molar-refractivity contribution in [3.8, 4) is 0 Å². The summed E-state index contributed by atoms with van der Waals surface area (Å²) in [6.07, 6.45) is 5.28. The van der Waals surface area contributed by atoms with Crippen LogP contribution >= 0.6 is 0 Å². The number of piperidine rings is 1. The van der Waals surface area contributed by atoms with Gasteiger partial charge in [0.2, 0.25) is 0 Å². The first-order chi connectivity index (χ1) is 11.7. The van der Waals surface area contributed by atoms with Crippen LogP contribution in [0.3, 0.4) is 0 Å². The molecule has 0 aliphatic carbocycles. The smallest absolute Gasteiger partial charge is 0.253 e. The average Bonchev–Trinajstić information content (AvgIpc) is 3.18. The highest BCUT2D eigenvalue weighted by atomic mass is 16.2. The van der Waals surface area contributed by atoms with Gasteiger partial charge in [0.05, 0.1) is 0 Å². The Morgan fingerprint density at radius 3 is 2.12 bits per heavy atom. The number of likely N-dealkylation sites (tertiary alicyclic amines) is 1. The maximum Gasteiger partial charge on any atom is 0.253 e. The normalized spacial score (nSPS) is 19.7. The molecule has 1 aromatic rings. The lowest BCUT2D eigenvalue weighted by Gasteiger charge is -2.37. The van der Waals surface area contributed by atoms with Crippen LogP contribution in [-0.4, -0.2) is 61.0 Å². The lowest BCUT2D eigenvalue weighted by molar-refractivity contribution is 0.0773. The first kappa shape index (κ1) is 17.3. The molecule has 4 heteroatoms.